The molecule has 1 aliphatic rings. The molecule has 1 atom stereocenters. The van der Waals surface area contributed by atoms with Crippen molar-refractivity contribution in [2.75, 3.05) is 31.1 Å². The molecule has 1 aromatic heterocycles. The van der Waals surface area contributed by atoms with Gasteiger partial charge in [0.15, 0.2) is 0 Å². The molecule has 0 aliphatic carbocycles. The molecule has 0 radical (unpaired) electrons. The van der Waals surface area contributed by atoms with Crippen LogP contribution in [0.1, 0.15) is 27.7 Å². The lowest BCUT2D eigenvalue weighted by Crippen LogP contribution is -2.55. The second kappa shape index (κ2) is 9.23. The topological polar surface area (TPSA) is 103 Å². The summed E-state index contributed by atoms with van der Waals surface area (Å²) in [6.07, 6.45) is 3.18. The van der Waals surface area contributed by atoms with E-state index in [1.807, 2.05) is 40.0 Å². The number of amides is 1. The number of anilines is 1. The summed E-state index contributed by atoms with van der Waals surface area (Å²) >= 11 is 0. The molecule has 1 fully saturated rings. The number of rotatable bonds is 6. The van der Waals surface area contributed by atoms with Gasteiger partial charge in [0.25, 0.3) is 5.69 Å². The molecule has 31 heavy (non-hydrogen) atoms. The van der Waals surface area contributed by atoms with E-state index in [1.54, 1.807) is 21.8 Å². The van der Waals surface area contributed by atoms with Gasteiger partial charge in [-0.2, -0.15) is 5.10 Å². The zero-order valence-electron chi connectivity index (χ0n) is 18.4. The van der Waals surface area contributed by atoms with Gasteiger partial charge in [0.2, 0.25) is 0 Å². The molecule has 168 valence electrons. The Bertz CT molecular complexity index is 909. The third-order valence-electron chi connectivity index (χ3n) is 4.89. The van der Waals surface area contributed by atoms with Crippen molar-refractivity contribution in [1.29, 1.82) is 0 Å². The van der Waals surface area contributed by atoms with Crippen LogP contribution in [-0.4, -0.2) is 63.6 Å². The van der Waals surface area contributed by atoms with E-state index in [0.717, 1.165) is 5.69 Å². The first-order valence-electron chi connectivity index (χ1n) is 10.3. The summed E-state index contributed by atoms with van der Waals surface area (Å²) in [5, 5.41) is 15.4. The van der Waals surface area contributed by atoms with Crippen molar-refractivity contribution in [2.45, 2.75) is 45.9 Å². The van der Waals surface area contributed by atoms with Crippen molar-refractivity contribution in [3.8, 4) is 5.75 Å². The molecule has 1 aliphatic heterocycles. The SMILES string of the molecule is CC1CN(c2ccc([N+](=O)[O-])cc2OCCn2cccn2)CCN1C(=O)OC(C)(C)C. The number of nitro groups is 1. The van der Waals surface area contributed by atoms with Gasteiger partial charge in [-0.15, -0.1) is 0 Å². The van der Waals surface area contributed by atoms with Crippen LogP contribution in [0.25, 0.3) is 0 Å². The average molecular weight is 431 g/mol. The van der Waals surface area contributed by atoms with Crippen LogP contribution in [0, 0.1) is 10.1 Å². The minimum Gasteiger partial charge on any atom is -0.489 e. The molecule has 0 N–H and O–H groups in total. The maximum absolute atomic E-state index is 12.5. The minimum atomic E-state index is -0.554. The highest BCUT2D eigenvalue weighted by Gasteiger charge is 2.32. The Labute approximate surface area is 181 Å². The summed E-state index contributed by atoms with van der Waals surface area (Å²) in [5.41, 5.74) is 0.182. The standard InChI is InChI=1S/C21H29N5O5/c1-16-15-23(10-11-25(16)20(27)31-21(2,3)4)18-7-6-17(26(28)29)14-19(18)30-13-12-24-9-5-8-22-24/h5-9,14,16H,10-13,15H2,1-4H3. The molecule has 10 nitrogen and oxygen atoms in total. The van der Waals surface area contributed by atoms with Crippen LogP contribution in [0.2, 0.25) is 0 Å². The number of carbonyl (C=O) groups is 1. The van der Waals surface area contributed by atoms with Crippen LogP contribution < -0.4 is 9.64 Å². The van der Waals surface area contributed by atoms with Crippen LogP contribution in [0.5, 0.6) is 5.75 Å². The van der Waals surface area contributed by atoms with Crippen LogP contribution >= 0.6 is 0 Å². The zero-order chi connectivity index (χ0) is 22.6. The molecular formula is C21H29N5O5. The molecule has 2 aromatic rings. The number of carbonyl (C=O) groups excluding carboxylic acids is 1. The number of non-ortho nitro benzene ring substituents is 1. The average Bonchev–Trinajstić information content (AvgIpc) is 3.19. The molecule has 0 saturated carbocycles. The molecule has 1 unspecified atom stereocenters. The Morgan fingerprint density at radius 2 is 2.10 bits per heavy atom. The van der Waals surface area contributed by atoms with Crippen LogP contribution in [0.3, 0.4) is 0 Å². The van der Waals surface area contributed by atoms with Gasteiger partial charge in [-0.1, -0.05) is 0 Å². The summed E-state index contributed by atoms with van der Waals surface area (Å²) in [7, 11) is 0. The van der Waals surface area contributed by atoms with Crippen molar-refractivity contribution in [1.82, 2.24) is 14.7 Å². The maximum Gasteiger partial charge on any atom is 0.410 e. The Morgan fingerprint density at radius 1 is 1.32 bits per heavy atom. The lowest BCUT2D eigenvalue weighted by molar-refractivity contribution is -0.384. The third kappa shape index (κ3) is 5.87. The van der Waals surface area contributed by atoms with Gasteiger partial charge in [-0.3, -0.25) is 14.8 Å². The second-order valence-corrected chi connectivity index (χ2v) is 8.50. The number of aromatic nitrogens is 2. The van der Waals surface area contributed by atoms with E-state index in [4.69, 9.17) is 9.47 Å². The fourth-order valence-corrected chi connectivity index (χ4v) is 3.44. The van der Waals surface area contributed by atoms with Crippen molar-refractivity contribution < 1.29 is 19.2 Å². The summed E-state index contributed by atoms with van der Waals surface area (Å²) in [6, 6.07) is 6.36. The van der Waals surface area contributed by atoms with Gasteiger partial charge in [0, 0.05) is 44.1 Å². The third-order valence-corrected chi connectivity index (χ3v) is 4.89. The van der Waals surface area contributed by atoms with Crippen molar-refractivity contribution >= 4 is 17.5 Å². The van der Waals surface area contributed by atoms with Gasteiger partial charge in [-0.05, 0) is 39.8 Å². The Kier molecular flexibility index (Phi) is 6.67. The van der Waals surface area contributed by atoms with E-state index >= 15 is 0 Å². The van der Waals surface area contributed by atoms with Crippen molar-refractivity contribution in [2.24, 2.45) is 0 Å². The lowest BCUT2D eigenvalue weighted by atomic mass is 10.1. The predicted molar refractivity (Wildman–Crippen MR) is 115 cm³/mol. The monoisotopic (exact) mass is 431 g/mol. The van der Waals surface area contributed by atoms with E-state index in [9.17, 15) is 14.9 Å². The first-order valence-corrected chi connectivity index (χ1v) is 10.3. The quantitative estimate of drug-likeness (QED) is 0.510. The number of ether oxygens (including phenoxy) is 2. The second-order valence-electron chi connectivity index (χ2n) is 8.50. The molecule has 0 spiro atoms. The first-order chi connectivity index (χ1) is 14.6. The number of hydrogen-bond donors (Lipinski definition) is 0. The molecular weight excluding hydrogens is 402 g/mol. The van der Waals surface area contributed by atoms with Crippen LogP contribution in [-0.2, 0) is 11.3 Å². The summed E-state index contributed by atoms with van der Waals surface area (Å²) < 4.78 is 13.2. The highest BCUT2D eigenvalue weighted by Crippen LogP contribution is 2.34. The Hall–Kier alpha value is -3.30. The van der Waals surface area contributed by atoms with E-state index in [1.165, 1.54) is 12.1 Å². The zero-order valence-corrected chi connectivity index (χ0v) is 18.4. The Morgan fingerprint density at radius 3 is 2.71 bits per heavy atom. The minimum absolute atomic E-state index is 0.0294. The molecule has 2 heterocycles. The number of hydrogen-bond acceptors (Lipinski definition) is 7. The van der Waals surface area contributed by atoms with E-state index in [-0.39, 0.29) is 17.8 Å². The van der Waals surface area contributed by atoms with Crippen molar-refractivity contribution in [3.05, 3.63) is 46.8 Å². The normalized spacial score (nSPS) is 16.8. The maximum atomic E-state index is 12.5. The fraction of sp³-hybridized carbons (Fsp3) is 0.524. The smallest absolute Gasteiger partial charge is 0.410 e. The molecule has 10 heteroatoms. The van der Waals surface area contributed by atoms with Crippen molar-refractivity contribution in [3.63, 3.8) is 0 Å². The van der Waals surface area contributed by atoms with Gasteiger partial charge in [0.05, 0.1) is 23.2 Å². The predicted octanol–water partition coefficient (Wildman–Crippen LogP) is 3.32. The van der Waals surface area contributed by atoms with E-state index < -0.39 is 10.5 Å². The largest absolute Gasteiger partial charge is 0.489 e. The number of piperazine rings is 1. The highest BCUT2D eigenvalue weighted by atomic mass is 16.6. The lowest BCUT2D eigenvalue weighted by Gasteiger charge is -2.41. The van der Waals surface area contributed by atoms with Gasteiger partial charge in [-0.25, -0.2) is 4.79 Å². The van der Waals surface area contributed by atoms with Crippen LogP contribution in [0.4, 0.5) is 16.2 Å². The molecule has 1 saturated heterocycles. The molecule has 1 aromatic carbocycles. The molecule has 0 bridgehead atoms. The molecule has 3 rings (SSSR count). The van der Waals surface area contributed by atoms with Gasteiger partial charge in [0.1, 0.15) is 18.0 Å². The van der Waals surface area contributed by atoms with Crippen LogP contribution in [0.15, 0.2) is 36.7 Å². The van der Waals surface area contributed by atoms with Gasteiger partial charge >= 0.3 is 6.09 Å². The number of nitro benzene ring substituents is 1. The first kappa shape index (κ1) is 22.4. The molecule has 1 amide bonds. The Balaban J connectivity index is 1.72. The fourth-order valence-electron chi connectivity index (χ4n) is 3.44. The number of benzene rings is 1. The number of nitrogens with zero attached hydrogens (tertiary/aromatic N) is 5. The van der Waals surface area contributed by atoms with E-state index in [2.05, 4.69) is 10.00 Å². The summed E-state index contributed by atoms with van der Waals surface area (Å²) in [5.74, 6) is 0.444. The van der Waals surface area contributed by atoms with E-state index in [0.29, 0.717) is 38.5 Å². The van der Waals surface area contributed by atoms with Gasteiger partial charge < -0.3 is 19.3 Å². The summed E-state index contributed by atoms with van der Waals surface area (Å²) in [4.78, 5) is 27.1. The highest BCUT2D eigenvalue weighted by molar-refractivity contribution is 5.70. The summed E-state index contributed by atoms with van der Waals surface area (Å²) in [6.45, 7) is 9.95.